The number of pyridine rings is 1. The molecule has 0 spiro atoms. The summed E-state index contributed by atoms with van der Waals surface area (Å²) >= 11 is -2.23. The molecule has 1 unspecified atom stereocenters. The number of rotatable bonds is 7. The Morgan fingerprint density at radius 3 is 2.35 bits per heavy atom. The summed E-state index contributed by atoms with van der Waals surface area (Å²) in [5, 5.41) is 12.3. The smallest absolute Gasteiger partial charge is 0.416 e. The van der Waals surface area contributed by atoms with Crippen molar-refractivity contribution in [2.24, 2.45) is 0 Å². The van der Waals surface area contributed by atoms with Crippen LogP contribution in [0.2, 0.25) is 0 Å². The van der Waals surface area contributed by atoms with Crippen LogP contribution >= 0.6 is 0 Å². The summed E-state index contributed by atoms with van der Waals surface area (Å²) in [6, 6.07) is 11.8. The minimum absolute atomic E-state index is 0.0188. The highest BCUT2D eigenvalue weighted by atomic mass is 32.2. The molecule has 11 heteroatoms. The number of amides is 1. The first-order valence-electron chi connectivity index (χ1n) is 9.97. The molecule has 1 aromatic heterocycles. The molecular formula is C23H20F3N2O5S-. The van der Waals surface area contributed by atoms with Crippen LogP contribution in [0.4, 0.5) is 13.2 Å². The maximum absolute atomic E-state index is 13.2. The summed E-state index contributed by atoms with van der Waals surface area (Å²) in [5.74, 6) is -0.917. The zero-order valence-electron chi connectivity index (χ0n) is 17.9. The highest BCUT2D eigenvalue weighted by Gasteiger charge is 2.31. The summed E-state index contributed by atoms with van der Waals surface area (Å²) in [4.78, 5) is 25.9. The predicted molar refractivity (Wildman–Crippen MR) is 118 cm³/mol. The Balaban J connectivity index is 1.93. The molecule has 0 bridgehead atoms. The van der Waals surface area contributed by atoms with E-state index >= 15 is 0 Å². The van der Waals surface area contributed by atoms with Crippen molar-refractivity contribution in [3.05, 3.63) is 98.5 Å². The van der Waals surface area contributed by atoms with Crippen LogP contribution in [-0.2, 0) is 36.2 Å². The van der Waals surface area contributed by atoms with Gasteiger partial charge in [0.05, 0.1) is 12.2 Å². The SMILES string of the molecule is Cc1c(CO)cc(C(=O)NCc2ccc(CS(=O)[O-])cc2)c(=O)n1-c1cccc(C(F)(F)F)c1. The first-order chi connectivity index (χ1) is 16.0. The molecule has 2 N–H and O–H groups in total. The van der Waals surface area contributed by atoms with Gasteiger partial charge < -0.3 is 15.0 Å². The average Bonchev–Trinajstić information content (AvgIpc) is 2.78. The van der Waals surface area contributed by atoms with Crippen LogP contribution in [0.15, 0.2) is 59.4 Å². The number of alkyl halides is 3. The molecule has 2 aromatic carbocycles. The largest absolute Gasteiger partial charge is 0.772 e. The summed E-state index contributed by atoms with van der Waals surface area (Å²) in [6.45, 7) is 0.949. The average molecular weight is 493 g/mol. The van der Waals surface area contributed by atoms with Crippen molar-refractivity contribution in [1.29, 1.82) is 0 Å². The Kier molecular flexibility index (Phi) is 7.70. The van der Waals surface area contributed by atoms with Gasteiger partial charge in [-0.1, -0.05) is 41.4 Å². The molecule has 3 rings (SSSR count). The van der Waals surface area contributed by atoms with Crippen LogP contribution < -0.4 is 10.9 Å². The van der Waals surface area contributed by atoms with Gasteiger partial charge in [0.2, 0.25) is 0 Å². The Bertz CT molecular complexity index is 1290. The van der Waals surface area contributed by atoms with E-state index in [2.05, 4.69) is 5.32 Å². The van der Waals surface area contributed by atoms with Crippen LogP contribution in [0.5, 0.6) is 0 Å². The Labute approximate surface area is 195 Å². The van der Waals surface area contributed by atoms with Gasteiger partial charge in [-0.2, -0.15) is 13.2 Å². The molecule has 0 aliphatic rings. The van der Waals surface area contributed by atoms with E-state index in [0.29, 0.717) is 11.1 Å². The molecule has 0 fully saturated rings. The molecule has 3 aromatic rings. The highest BCUT2D eigenvalue weighted by molar-refractivity contribution is 7.78. The number of halogens is 3. The number of nitrogens with zero attached hydrogens (tertiary/aromatic N) is 1. The van der Waals surface area contributed by atoms with Gasteiger partial charge in [-0.15, -0.1) is 0 Å². The lowest BCUT2D eigenvalue weighted by atomic mass is 10.1. The van der Waals surface area contributed by atoms with Crippen molar-refractivity contribution in [2.75, 3.05) is 0 Å². The molecule has 0 aliphatic carbocycles. The Morgan fingerprint density at radius 2 is 1.76 bits per heavy atom. The third kappa shape index (κ3) is 5.79. The van der Waals surface area contributed by atoms with Crippen molar-refractivity contribution in [3.63, 3.8) is 0 Å². The Hall–Kier alpha value is -3.28. The fraction of sp³-hybridized carbons (Fsp3) is 0.217. The minimum atomic E-state index is -4.62. The summed E-state index contributed by atoms with van der Waals surface area (Å²) < 4.78 is 62.0. The van der Waals surface area contributed by atoms with E-state index in [1.54, 1.807) is 24.3 Å². The lowest BCUT2D eigenvalue weighted by molar-refractivity contribution is -0.137. The molecule has 7 nitrogen and oxygen atoms in total. The second-order valence-corrected chi connectivity index (χ2v) is 8.36. The number of aliphatic hydroxyl groups is 1. The van der Waals surface area contributed by atoms with E-state index in [1.165, 1.54) is 19.1 Å². The number of aliphatic hydroxyl groups excluding tert-OH is 1. The number of nitrogens with one attached hydrogen (secondary N) is 1. The minimum Gasteiger partial charge on any atom is -0.772 e. The monoisotopic (exact) mass is 493 g/mol. The highest BCUT2D eigenvalue weighted by Crippen LogP contribution is 2.30. The van der Waals surface area contributed by atoms with Gasteiger partial charge in [-0.3, -0.25) is 18.4 Å². The number of carbonyl (C=O) groups excluding carboxylic acids is 1. The fourth-order valence-electron chi connectivity index (χ4n) is 3.38. The molecule has 0 aliphatic heterocycles. The second-order valence-electron chi connectivity index (χ2n) is 7.46. The van der Waals surface area contributed by atoms with Crippen LogP contribution in [0.25, 0.3) is 5.69 Å². The second kappa shape index (κ2) is 10.3. The van der Waals surface area contributed by atoms with Gasteiger partial charge in [0.25, 0.3) is 11.5 Å². The molecule has 180 valence electrons. The third-order valence-corrected chi connectivity index (χ3v) is 5.73. The quantitative estimate of drug-likeness (QED) is 0.492. The topological polar surface area (TPSA) is 111 Å². The maximum atomic E-state index is 13.2. The van der Waals surface area contributed by atoms with Crippen molar-refractivity contribution in [1.82, 2.24) is 9.88 Å². The summed E-state index contributed by atoms with van der Waals surface area (Å²) in [7, 11) is 0. The third-order valence-electron chi connectivity index (χ3n) is 5.16. The van der Waals surface area contributed by atoms with Crippen molar-refractivity contribution >= 4 is 17.0 Å². The number of hydrogen-bond acceptors (Lipinski definition) is 5. The summed E-state index contributed by atoms with van der Waals surface area (Å²) in [6.07, 6.45) is -4.62. The number of aromatic nitrogens is 1. The molecule has 0 radical (unpaired) electrons. The van der Waals surface area contributed by atoms with Crippen LogP contribution in [0, 0.1) is 6.92 Å². The fourth-order valence-corrected chi connectivity index (χ4v) is 3.84. The van der Waals surface area contributed by atoms with Gasteiger partial charge in [-0.05, 0) is 47.9 Å². The molecule has 0 saturated carbocycles. The lowest BCUT2D eigenvalue weighted by Gasteiger charge is -2.17. The van der Waals surface area contributed by atoms with Gasteiger partial charge >= 0.3 is 6.18 Å². The van der Waals surface area contributed by atoms with Crippen LogP contribution in [0.3, 0.4) is 0 Å². The van der Waals surface area contributed by atoms with E-state index in [1.807, 2.05) is 0 Å². The first-order valence-corrected chi connectivity index (χ1v) is 11.2. The van der Waals surface area contributed by atoms with Gasteiger partial charge in [0.1, 0.15) is 5.56 Å². The van der Waals surface area contributed by atoms with Gasteiger partial charge in [0, 0.05) is 23.7 Å². The van der Waals surface area contributed by atoms with Crippen molar-refractivity contribution in [3.8, 4) is 5.69 Å². The molecule has 0 saturated heterocycles. The van der Waals surface area contributed by atoms with E-state index in [0.717, 1.165) is 22.8 Å². The van der Waals surface area contributed by atoms with Crippen LogP contribution in [0.1, 0.15) is 38.3 Å². The van der Waals surface area contributed by atoms with Crippen molar-refractivity contribution < 1.29 is 31.8 Å². The zero-order chi connectivity index (χ0) is 25.0. The number of benzene rings is 2. The number of carbonyl (C=O) groups is 1. The van der Waals surface area contributed by atoms with Gasteiger partial charge in [-0.25, -0.2) is 0 Å². The van der Waals surface area contributed by atoms with E-state index in [4.69, 9.17) is 0 Å². The molecule has 1 heterocycles. The predicted octanol–water partition coefficient (Wildman–Crippen LogP) is 2.97. The normalized spacial score (nSPS) is 12.4. The molecular weight excluding hydrogens is 473 g/mol. The number of hydrogen-bond donors (Lipinski definition) is 2. The molecule has 1 atom stereocenters. The van der Waals surface area contributed by atoms with Gasteiger partial charge in [0.15, 0.2) is 0 Å². The zero-order valence-corrected chi connectivity index (χ0v) is 18.7. The summed E-state index contributed by atoms with van der Waals surface area (Å²) in [5.41, 5.74) is -0.606. The first kappa shape index (κ1) is 25.3. The maximum Gasteiger partial charge on any atom is 0.416 e. The van der Waals surface area contributed by atoms with Crippen molar-refractivity contribution in [2.45, 2.75) is 32.0 Å². The Morgan fingerprint density at radius 1 is 1.12 bits per heavy atom. The van der Waals surface area contributed by atoms with E-state index in [9.17, 15) is 36.6 Å². The lowest BCUT2D eigenvalue weighted by Crippen LogP contribution is -2.34. The standard InChI is InChI=1S/C23H21F3N2O5S/c1-14-17(12-29)9-20(21(30)27-11-15-5-7-16(8-6-15)13-34(32)33)22(31)28(14)19-4-2-3-18(10-19)23(24,25)26/h2-10,29H,11-13H2,1H3,(H,27,30)(H,32,33)/p-1. The van der Waals surface area contributed by atoms with Crippen LogP contribution in [-0.4, -0.2) is 24.3 Å². The van der Waals surface area contributed by atoms with E-state index < -0.39 is 40.9 Å². The molecule has 34 heavy (non-hydrogen) atoms. The van der Waals surface area contributed by atoms with E-state index in [-0.39, 0.29) is 34.8 Å². The molecule has 1 amide bonds.